The summed E-state index contributed by atoms with van der Waals surface area (Å²) >= 11 is 1.54. The van der Waals surface area contributed by atoms with Crippen molar-refractivity contribution in [2.24, 2.45) is 7.05 Å². The third-order valence-electron chi connectivity index (χ3n) is 8.62. The average Bonchev–Trinajstić information content (AvgIpc) is 3.58. The molecule has 2 heterocycles. The first-order valence-electron chi connectivity index (χ1n) is 16.8. The lowest BCUT2D eigenvalue weighted by Crippen LogP contribution is -2.31. The van der Waals surface area contributed by atoms with E-state index in [9.17, 15) is 14.7 Å². The minimum atomic E-state index is -0.597. The molecule has 12 nitrogen and oxygen atoms in total. The highest BCUT2D eigenvalue weighted by Crippen LogP contribution is 2.40. The van der Waals surface area contributed by atoms with Gasteiger partial charge in [-0.15, -0.1) is 5.10 Å². The number of carbonyl (C=O) groups is 2. The summed E-state index contributed by atoms with van der Waals surface area (Å²) in [5.74, 6) is 0.342. The number of nitrogen functional groups attached to an aromatic ring is 1. The summed E-state index contributed by atoms with van der Waals surface area (Å²) in [6.45, 7) is 0.339. The van der Waals surface area contributed by atoms with Gasteiger partial charge in [0.05, 0.1) is 30.2 Å². The zero-order valence-corrected chi connectivity index (χ0v) is 29.1. The number of benzene rings is 4. The highest BCUT2D eigenvalue weighted by Gasteiger charge is 2.32. The average molecular weight is 708 g/mol. The number of hydrogen-bond acceptors (Lipinski definition) is 10. The molecule has 2 amide bonds. The maximum absolute atomic E-state index is 12.7. The van der Waals surface area contributed by atoms with E-state index in [0.29, 0.717) is 41.7 Å². The summed E-state index contributed by atoms with van der Waals surface area (Å²) < 4.78 is 14.6. The van der Waals surface area contributed by atoms with Crippen molar-refractivity contribution in [2.75, 3.05) is 16.8 Å². The minimum absolute atomic E-state index is 0.0173. The number of aryl methyl sites for hydroxylation is 1. The van der Waals surface area contributed by atoms with Crippen molar-refractivity contribution in [3.63, 3.8) is 0 Å². The molecule has 1 aliphatic rings. The zero-order chi connectivity index (χ0) is 35.6. The Bertz CT molecular complexity index is 1920. The van der Waals surface area contributed by atoms with Gasteiger partial charge in [-0.1, -0.05) is 96.7 Å². The summed E-state index contributed by atoms with van der Waals surface area (Å²) in [6, 6.07) is 30.9. The van der Waals surface area contributed by atoms with Gasteiger partial charge < -0.3 is 30.9 Å². The molecule has 0 saturated carbocycles. The molecule has 4 aromatic carbocycles. The van der Waals surface area contributed by atoms with Crippen LogP contribution in [0.1, 0.15) is 60.3 Å². The number of para-hydroxylation sites is 2. The van der Waals surface area contributed by atoms with Crippen LogP contribution >= 0.6 is 11.8 Å². The molecule has 1 aliphatic heterocycles. The smallest absolute Gasteiger partial charge is 0.224 e. The van der Waals surface area contributed by atoms with E-state index in [-0.39, 0.29) is 43.5 Å². The van der Waals surface area contributed by atoms with E-state index < -0.39 is 6.29 Å². The van der Waals surface area contributed by atoms with Crippen molar-refractivity contribution < 1.29 is 24.2 Å². The lowest BCUT2D eigenvalue weighted by atomic mass is 9.97. The van der Waals surface area contributed by atoms with Crippen molar-refractivity contribution in [3.8, 4) is 11.1 Å². The molecular formula is C38H41N7O5S. The Labute approximate surface area is 300 Å². The van der Waals surface area contributed by atoms with Crippen molar-refractivity contribution in [1.29, 1.82) is 0 Å². The van der Waals surface area contributed by atoms with Crippen LogP contribution < -0.4 is 16.4 Å². The predicted molar refractivity (Wildman–Crippen MR) is 195 cm³/mol. The zero-order valence-electron chi connectivity index (χ0n) is 28.3. The van der Waals surface area contributed by atoms with Gasteiger partial charge in [0.2, 0.25) is 17.0 Å². The topological polar surface area (TPSA) is 167 Å². The molecule has 13 heteroatoms. The number of thioether (sulfide) groups is 1. The van der Waals surface area contributed by atoms with Gasteiger partial charge in [0, 0.05) is 44.2 Å². The second kappa shape index (κ2) is 17.2. The third kappa shape index (κ3) is 9.58. The highest BCUT2D eigenvalue weighted by atomic mass is 32.2. The van der Waals surface area contributed by atoms with Crippen molar-refractivity contribution >= 4 is 35.0 Å². The van der Waals surface area contributed by atoms with Gasteiger partial charge in [0.25, 0.3) is 0 Å². The Morgan fingerprint density at radius 3 is 2.39 bits per heavy atom. The fourth-order valence-corrected chi connectivity index (χ4v) is 6.69. The molecule has 0 spiro atoms. The number of tetrazole rings is 1. The number of carbonyl (C=O) groups excluding carboxylic acids is 2. The predicted octanol–water partition coefficient (Wildman–Crippen LogP) is 5.71. The Morgan fingerprint density at radius 2 is 1.65 bits per heavy atom. The summed E-state index contributed by atoms with van der Waals surface area (Å²) in [7, 11) is 1.81. The Balaban J connectivity index is 1.07. The van der Waals surface area contributed by atoms with Gasteiger partial charge in [-0.05, 0) is 56.8 Å². The number of ether oxygens (including phenoxy) is 2. The van der Waals surface area contributed by atoms with E-state index in [2.05, 4.69) is 26.2 Å². The van der Waals surface area contributed by atoms with Gasteiger partial charge in [-0.25, -0.2) is 4.68 Å². The molecule has 0 bridgehead atoms. The minimum Gasteiger partial charge on any atom is -0.397 e. The maximum atomic E-state index is 12.7. The maximum Gasteiger partial charge on any atom is 0.224 e. The van der Waals surface area contributed by atoms with Crippen LogP contribution in [0.3, 0.4) is 0 Å². The van der Waals surface area contributed by atoms with E-state index in [0.717, 1.165) is 33.4 Å². The first-order chi connectivity index (χ1) is 24.9. The number of nitrogens with one attached hydrogen (secondary N) is 2. The van der Waals surface area contributed by atoms with Gasteiger partial charge in [0.15, 0.2) is 6.29 Å². The van der Waals surface area contributed by atoms with Crippen LogP contribution in [0.2, 0.25) is 0 Å². The normalized spacial score (nSPS) is 17.2. The molecule has 0 radical (unpaired) electrons. The second-order valence-corrected chi connectivity index (χ2v) is 13.3. The van der Waals surface area contributed by atoms with Crippen LogP contribution in [0.5, 0.6) is 0 Å². The van der Waals surface area contributed by atoms with Crippen LogP contribution in [0, 0.1) is 0 Å². The van der Waals surface area contributed by atoms with Crippen molar-refractivity contribution in [1.82, 2.24) is 25.5 Å². The largest absolute Gasteiger partial charge is 0.397 e. The van der Waals surface area contributed by atoms with E-state index >= 15 is 0 Å². The number of aliphatic hydroxyl groups excluding tert-OH is 1. The fraction of sp³-hybridized carbons (Fsp3) is 0.289. The quantitative estimate of drug-likeness (QED) is 0.0829. The third-order valence-corrected chi connectivity index (χ3v) is 9.77. The molecule has 3 atom stereocenters. The molecule has 5 N–H and O–H groups in total. The summed E-state index contributed by atoms with van der Waals surface area (Å²) in [5, 5.41) is 27.8. The second-order valence-electron chi connectivity index (χ2n) is 12.3. The number of nitrogens with zero attached hydrogens (tertiary/aromatic N) is 4. The number of anilines is 2. The SMILES string of the molecule is Cn1nnnc1SCC1CC(c2ccc(CO)cc2)OC(c2ccc(-c3ccccc3CNC(=O)CCCC(=O)Nc3ccccc3N)cc2)O1. The number of amides is 2. The molecule has 1 saturated heterocycles. The Hall–Kier alpha value is -5.08. The number of nitrogens with two attached hydrogens (primary N) is 1. The first-order valence-corrected chi connectivity index (χ1v) is 17.8. The molecular weight excluding hydrogens is 667 g/mol. The van der Waals surface area contributed by atoms with E-state index in [1.165, 1.54) is 11.8 Å². The molecule has 0 aliphatic carbocycles. The van der Waals surface area contributed by atoms with Crippen molar-refractivity contribution in [2.45, 2.75) is 62.5 Å². The number of rotatable bonds is 14. The van der Waals surface area contributed by atoms with Crippen LogP contribution in [0.15, 0.2) is 102 Å². The van der Waals surface area contributed by atoms with Crippen LogP contribution in [-0.2, 0) is 39.3 Å². The Kier molecular flexibility index (Phi) is 12.1. The summed E-state index contributed by atoms with van der Waals surface area (Å²) in [5.41, 5.74) is 12.7. The fourth-order valence-electron chi connectivity index (χ4n) is 5.82. The van der Waals surface area contributed by atoms with E-state index in [1.54, 1.807) is 28.9 Å². The number of aromatic nitrogens is 4. The monoisotopic (exact) mass is 707 g/mol. The molecule has 1 aromatic heterocycles. The number of aliphatic hydroxyl groups is 1. The lowest BCUT2D eigenvalue weighted by molar-refractivity contribution is -0.245. The van der Waals surface area contributed by atoms with Crippen molar-refractivity contribution in [3.05, 3.63) is 119 Å². The van der Waals surface area contributed by atoms with Gasteiger partial charge in [-0.3, -0.25) is 9.59 Å². The van der Waals surface area contributed by atoms with Gasteiger partial charge in [-0.2, -0.15) is 0 Å². The molecule has 6 rings (SSSR count). The van der Waals surface area contributed by atoms with Crippen LogP contribution in [-0.4, -0.2) is 49.0 Å². The van der Waals surface area contributed by atoms with Gasteiger partial charge >= 0.3 is 0 Å². The molecule has 51 heavy (non-hydrogen) atoms. The molecule has 5 aromatic rings. The summed E-state index contributed by atoms with van der Waals surface area (Å²) in [4.78, 5) is 25.0. The molecule has 264 valence electrons. The molecule has 1 fully saturated rings. The number of hydrogen-bond donors (Lipinski definition) is 4. The first kappa shape index (κ1) is 35.7. The Morgan fingerprint density at radius 1 is 0.922 bits per heavy atom. The van der Waals surface area contributed by atoms with Gasteiger partial charge in [0.1, 0.15) is 0 Å². The standard InChI is InChI=1S/C38H41N7O5S/c1-45-38(42-43-44-45)51-24-30-21-34(27-15-13-25(23-46)14-16-27)50-37(49-30)28-19-17-26(18-20-28)31-8-3-2-7-29(31)22-40-35(47)11-6-12-36(48)41-33-10-5-4-9-32(33)39/h2-5,7-10,13-20,30,34,37,46H,6,11-12,21-24,39H2,1H3,(H,40,47)(H,41,48). The van der Waals surface area contributed by atoms with E-state index in [4.69, 9.17) is 15.2 Å². The lowest BCUT2D eigenvalue weighted by Gasteiger charge is -2.36. The van der Waals surface area contributed by atoms with E-state index in [1.807, 2.05) is 79.8 Å². The highest BCUT2D eigenvalue weighted by molar-refractivity contribution is 7.99. The van der Waals surface area contributed by atoms with Crippen LogP contribution in [0.25, 0.3) is 11.1 Å². The summed E-state index contributed by atoms with van der Waals surface area (Å²) in [6.07, 6.45) is 0.590. The molecule has 3 unspecified atom stereocenters. The van der Waals surface area contributed by atoms with Crippen LogP contribution in [0.4, 0.5) is 11.4 Å².